The Bertz CT molecular complexity index is 411. The van der Waals surface area contributed by atoms with Crippen molar-refractivity contribution in [3.63, 3.8) is 0 Å². The highest BCUT2D eigenvalue weighted by molar-refractivity contribution is 5.60. The number of hydrogen-bond donors (Lipinski definition) is 1. The van der Waals surface area contributed by atoms with Gasteiger partial charge in [0.1, 0.15) is 5.75 Å². The van der Waals surface area contributed by atoms with Crippen LogP contribution in [-0.2, 0) is 0 Å². The maximum absolute atomic E-state index is 10.0. The molecule has 3 nitrogen and oxygen atoms in total. The van der Waals surface area contributed by atoms with Gasteiger partial charge in [-0.05, 0) is 37.8 Å². The lowest BCUT2D eigenvalue weighted by molar-refractivity contribution is 0.194. The summed E-state index contributed by atoms with van der Waals surface area (Å²) in [5.41, 5.74) is 1.98. The maximum atomic E-state index is 10.0. The van der Waals surface area contributed by atoms with Crippen molar-refractivity contribution < 1.29 is 9.84 Å². The molecule has 0 spiro atoms. The summed E-state index contributed by atoms with van der Waals surface area (Å²) in [5, 5.41) is 10.0. The van der Waals surface area contributed by atoms with Crippen LogP contribution in [-0.4, -0.2) is 25.8 Å². The highest BCUT2D eigenvalue weighted by atomic mass is 16.5. The van der Waals surface area contributed by atoms with Crippen molar-refractivity contribution in [2.75, 3.05) is 25.6 Å². The first kappa shape index (κ1) is 14.2. The van der Waals surface area contributed by atoms with Crippen LogP contribution in [0.4, 0.5) is 5.69 Å². The van der Waals surface area contributed by atoms with Crippen LogP contribution in [0.5, 0.6) is 5.75 Å². The summed E-state index contributed by atoms with van der Waals surface area (Å²) in [7, 11) is 3.76. The molecule has 0 radical (unpaired) electrons. The van der Waals surface area contributed by atoms with Crippen molar-refractivity contribution in [2.24, 2.45) is 5.92 Å². The molecule has 1 aromatic carbocycles. The van der Waals surface area contributed by atoms with E-state index in [0.717, 1.165) is 29.5 Å². The summed E-state index contributed by atoms with van der Waals surface area (Å²) >= 11 is 0. The van der Waals surface area contributed by atoms with E-state index in [1.165, 1.54) is 25.7 Å². The van der Waals surface area contributed by atoms with E-state index in [4.69, 9.17) is 4.74 Å². The normalized spacial score (nSPS) is 17.5. The molecule has 3 heteroatoms. The Balaban J connectivity index is 2.22. The van der Waals surface area contributed by atoms with Gasteiger partial charge in [-0.15, -0.1) is 0 Å². The van der Waals surface area contributed by atoms with Gasteiger partial charge in [-0.3, -0.25) is 0 Å². The first-order chi connectivity index (χ1) is 9.13. The Labute approximate surface area is 116 Å². The Morgan fingerprint density at radius 2 is 2.05 bits per heavy atom. The number of methoxy groups -OCH3 is 1. The second-order valence-corrected chi connectivity index (χ2v) is 5.60. The molecule has 2 rings (SSSR count). The SMILES string of the molecule is COc1cccc(N(C)CC2CCCC2)c1[C@@H](C)O. The van der Waals surface area contributed by atoms with Crippen molar-refractivity contribution in [2.45, 2.75) is 38.7 Å². The summed E-state index contributed by atoms with van der Waals surface area (Å²) in [4.78, 5) is 2.26. The third-order valence-corrected chi connectivity index (χ3v) is 4.10. The van der Waals surface area contributed by atoms with Gasteiger partial charge in [0.25, 0.3) is 0 Å². The number of nitrogens with zero attached hydrogens (tertiary/aromatic N) is 1. The first-order valence-corrected chi connectivity index (χ1v) is 7.19. The molecule has 1 N–H and O–H groups in total. The second kappa shape index (κ2) is 6.29. The van der Waals surface area contributed by atoms with E-state index < -0.39 is 6.10 Å². The highest BCUT2D eigenvalue weighted by Gasteiger charge is 2.21. The molecule has 0 aromatic heterocycles. The minimum Gasteiger partial charge on any atom is -0.496 e. The summed E-state index contributed by atoms with van der Waals surface area (Å²) < 4.78 is 5.38. The Morgan fingerprint density at radius 1 is 1.37 bits per heavy atom. The van der Waals surface area contributed by atoms with Crippen LogP contribution in [0.3, 0.4) is 0 Å². The van der Waals surface area contributed by atoms with E-state index in [9.17, 15) is 5.11 Å². The van der Waals surface area contributed by atoms with Crippen LogP contribution in [0, 0.1) is 5.92 Å². The molecule has 19 heavy (non-hydrogen) atoms. The summed E-state index contributed by atoms with van der Waals surface area (Å²) in [6.07, 6.45) is 4.87. The molecule has 106 valence electrons. The van der Waals surface area contributed by atoms with E-state index >= 15 is 0 Å². The first-order valence-electron chi connectivity index (χ1n) is 7.19. The van der Waals surface area contributed by atoms with Gasteiger partial charge in [0.05, 0.1) is 13.2 Å². The fourth-order valence-corrected chi connectivity index (χ4v) is 3.14. The van der Waals surface area contributed by atoms with Gasteiger partial charge in [0, 0.05) is 24.8 Å². The number of rotatable bonds is 5. The molecule has 1 aromatic rings. The van der Waals surface area contributed by atoms with Crippen molar-refractivity contribution in [1.82, 2.24) is 0 Å². The molecule has 0 saturated heterocycles. The third kappa shape index (κ3) is 3.21. The van der Waals surface area contributed by atoms with E-state index in [-0.39, 0.29) is 0 Å². The lowest BCUT2D eigenvalue weighted by Gasteiger charge is -2.27. The molecule has 0 amide bonds. The molecule has 1 atom stereocenters. The second-order valence-electron chi connectivity index (χ2n) is 5.60. The average Bonchev–Trinajstić information content (AvgIpc) is 2.90. The molecular formula is C16H25NO2. The predicted molar refractivity (Wildman–Crippen MR) is 78.9 cm³/mol. The van der Waals surface area contributed by atoms with Gasteiger partial charge in [-0.1, -0.05) is 18.9 Å². The van der Waals surface area contributed by atoms with E-state index in [2.05, 4.69) is 18.0 Å². The topological polar surface area (TPSA) is 32.7 Å². The van der Waals surface area contributed by atoms with Gasteiger partial charge in [0.2, 0.25) is 0 Å². The predicted octanol–water partition coefficient (Wildman–Crippen LogP) is 3.37. The van der Waals surface area contributed by atoms with Crippen molar-refractivity contribution in [3.05, 3.63) is 23.8 Å². The molecular weight excluding hydrogens is 238 g/mol. The van der Waals surface area contributed by atoms with Gasteiger partial charge in [-0.25, -0.2) is 0 Å². The maximum Gasteiger partial charge on any atom is 0.126 e. The van der Waals surface area contributed by atoms with Crippen molar-refractivity contribution in [3.8, 4) is 5.75 Å². The molecule has 1 aliphatic carbocycles. The van der Waals surface area contributed by atoms with Gasteiger partial charge >= 0.3 is 0 Å². The summed E-state index contributed by atoms with van der Waals surface area (Å²) in [6.45, 7) is 2.86. The number of hydrogen-bond acceptors (Lipinski definition) is 3. The van der Waals surface area contributed by atoms with Crippen LogP contribution < -0.4 is 9.64 Å². The molecule has 0 aliphatic heterocycles. The van der Waals surface area contributed by atoms with Crippen LogP contribution in [0.25, 0.3) is 0 Å². The highest BCUT2D eigenvalue weighted by Crippen LogP contribution is 2.35. The van der Waals surface area contributed by atoms with E-state index in [1.807, 2.05) is 12.1 Å². The molecule has 1 saturated carbocycles. The average molecular weight is 263 g/mol. The monoisotopic (exact) mass is 263 g/mol. The Kier molecular flexibility index (Phi) is 4.70. The van der Waals surface area contributed by atoms with Crippen LogP contribution in [0.2, 0.25) is 0 Å². The molecule has 1 aliphatic rings. The molecule has 0 heterocycles. The van der Waals surface area contributed by atoms with Crippen LogP contribution >= 0.6 is 0 Å². The van der Waals surface area contributed by atoms with Crippen LogP contribution in [0.1, 0.15) is 44.3 Å². The fourth-order valence-electron chi connectivity index (χ4n) is 3.14. The molecule has 0 unspecified atom stereocenters. The lowest BCUT2D eigenvalue weighted by atomic mass is 10.0. The summed E-state index contributed by atoms with van der Waals surface area (Å²) in [5.74, 6) is 1.56. The number of aliphatic hydroxyl groups excluding tert-OH is 1. The van der Waals surface area contributed by atoms with E-state index in [0.29, 0.717) is 0 Å². The number of aliphatic hydroxyl groups is 1. The van der Waals surface area contributed by atoms with Gasteiger partial charge in [0.15, 0.2) is 0 Å². The number of ether oxygens (including phenoxy) is 1. The zero-order valence-corrected chi connectivity index (χ0v) is 12.2. The lowest BCUT2D eigenvalue weighted by Crippen LogP contribution is -2.25. The summed E-state index contributed by atoms with van der Waals surface area (Å²) in [6, 6.07) is 5.97. The number of benzene rings is 1. The minimum atomic E-state index is -0.517. The molecule has 0 bridgehead atoms. The van der Waals surface area contributed by atoms with Gasteiger partial charge in [-0.2, -0.15) is 0 Å². The Hall–Kier alpha value is -1.22. The third-order valence-electron chi connectivity index (χ3n) is 4.10. The van der Waals surface area contributed by atoms with Crippen LogP contribution in [0.15, 0.2) is 18.2 Å². The molecule has 1 fully saturated rings. The largest absolute Gasteiger partial charge is 0.496 e. The Morgan fingerprint density at radius 3 is 2.63 bits per heavy atom. The van der Waals surface area contributed by atoms with Crippen molar-refractivity contribution >= 4 is 5.69 Å². The van der Waals surface area contributed by atoms with Gasteiger partial charge < -0.3 is 14.7 Å². The number of anilines is 1. The smallest absolute Gasteiger partial charge is 0.126 e. The van der Waals surface area contributed by atoms with Crippen molar-refractivity contribution in [1.29, 1.82) is 0 Å². The quantitative estimate of drug-likeness (QED) is 0.884. The zero-order valence-electron chi connectivity index (χ0n) is 12.2. The fraction of sp³-hybridized carbons (Fsp3) is 0.625. The standard InChI is InChI=1S/C16H25NO2/c1-12(18)16-14(9-6-10-15(16)19-3)17(2)11-13-7-4-5-8-13/h6,9-10,12-13,18H,4-5,7-8,11H2,1-3H3/t12-/m1/s1. The van der Waals surface area contributed by atoms with E-state index in [1.54, 1.807) is 14.0 Å². The minimum absolute atomic E-state index is 0.517. The zero-order chi connectivity index (χ0) is 13.8.